The van der Waals surface area contributed by atoms with E-state index in [-0.39, 0.29) is 29.1 Å². The van der Waals surface area contributed by atoms with Gasteiger partial charge in [0.2, 0.25) is 11.7 Å². The fraction of sp³-hybridized carbons (Fsp3) is 0.333. The Hall–Kier alpha value is -1.15. The van der Waals surface area contributed by atoms with Crippen LogP contribution in [0.25, 0.3) is 0 Å². The molecule has 1 aromatic rings. The molecule has 0 radical (unpaired) electrons. The van der Waals surface area contributed by atoms with Crippen LogP contribution in [0.5, 0.6) is 0 Å². The number of anilines is 1. The SMILES string of the molecule is O=C1CC(S)CN1c1ncc(Br)cc1[N+](=O)[O-]. The molecule has 0 aliphatic carbocycles. The molecule has 90 valence electrons. The molecule has 17 heavy (non-hydrogen) atoms. The summed E-state index contributed by atoms with van der Waals surface area (Å²) in [6.07, 6.45) is 1.71. The third kappa shape index (κ3) is 2.42. The minimum Gasteiger partial charge on any atom is -0.290 e. The maximum Gasteiger partial charge on any atom is 0.313 e. The maximum absolute atomic E-state index is 11.6. The van der Waals surface area contributed by atoms with Crippen molar-refractivity contribution in [2.24, 2.45) is 0 Å². The van der Waals surface area contributed by atoms with Gasteiger partial charge < -0.3 is 0 Å². The van der Waals surface area contributed by atoms with Gasteiger partial charge in [0, 0.05) is 35.0 Å². The first kappa shape index (κ1) is 12.3. The fourth-order valence-corrected chi connectivity index (χ4v) is 2.30. The van der Waals surface area contributed by atoms with Crippen LogP contribution in [-0.2, 0) is 4.79 Å². The van der Waals surface area contributed by atoms with Crippen LogP contribution >= 0.6 is 28.6 Å². The van der Waals surface area contributed by atoms with Crippen molar-refractivity contribution in [2.75, 3.05) is 11.4 Å². The number of aromatic nitrogens is 1. The zero-order valence-electron chi connectivity index (χ0n) is 8.54. The molecular formula is C9H8BrN3O3S. The molecule has 1 aliphatic heterocycles. The molecule has 1 aliphatic rings. The minimum absolute atomic E-state index is 0.0831. The van der Waals surface area contributed by atoms with Crippen molar-refractivity contribution in [1.82, 2.24) is 4.98 Å². The number of nitrogens with zero attached hydrogens (tertiary/aromatic N) is 3. The molecular weight excluding hydrogens is 310 g/mol. The summed E-state index contributed by atoms with van der Waals surface area (Å²) in [7, 11) is 0. The quantitative estimate of drug-likeness (QED) is 0.512. The Kier molecular flexibility index (Phi) is 3.34. The zero-order valence-corrected chi connectivity index (χ0v) is 11.0. The van der Waals surface area contributed by atoms with E-state index in [0.717, 1.165) is 0 Å². The van der Waals surface area contributed by atoms with Crippen molar-refractivity contribution in [1.29, 1.82) is 0 Å². The molecule has 0 aromatic carbocycles. The number of thiol groups is 1. The van der Waals surface area contributed by atoms with Gasteiger partial charge in [0.05, 0.1) is 4.92 Å². The second-order valence-corrected chi connectivity index (χ2v) is 5.26. The summed E-state index contributed by atoms with van der Waals surface area (Å²) < 4.78 is 0.502. The van der Waals surface area contributed by atoms with Gasteiger partial charge in [-0.3, -0.25) is 19.8 Å². The highest BCUT2D eigenvalue weighted by molar-refractivity contribution is 9.10. The van der Waals surface area contributed by atoms with Crippen molar-refractivity contribution in [2.45, 2.75) is 11.7 Å². The predicted octanol–water partition coefficient (Wildman–Crippen LogP) is 1.79. The van der Waals surface area contributed by atoms with E-state index in [4.69, 9.17) is 0 Å². The fourth-order valence-electron chi connectivity index (χ4n) is 1.66. The van der Waals surface area contributed by atoms with Gasteiger partial charge in [-0.2, -0.15) is 12.6 Å². The number of carbonyl (C=O) groups is 1. The first-order valence-electron chi connectivity index (χ1n) is 4.77. The lowest BCUT2D eigenvalue weighted by Gasteiger charge is -2.14. The van der Waals surface area contributed by atoms with Gasteiger partial charge in [-0.05, 0) is 15.9 Å². The molecule has 2 rings (SSSR count). The topological polar surface area (TPSA) is 76.3 Å². The number of rotatable bonds is 2. The molecule has 1 amide bonds. The smallest absolute Gasteiger partial charge is 0.290 e. The Labute approximate surface area is 111 Å². The van der Waals surface area contributed by atoms with Gasteiger partial charge in [-0.1, -0.05) is 0 Å². The van der Waals surface area contributed by atoms with Gasteiger partial charge in [0.15, 0.2) is 0 Å². The summed E-state index contributed by atoms with van der Waals surface area (Å²) in [5, 5.41) is 10.8. The van der Waals surface area contributed by atoms with E-state index in [9.17, 15) is 14.9 Å². The van der Waals surface area contributed by atoms with Gasteiger partial charge in [-0.15, -0.1) is 0 Å². The van der Waals surface area contributed by atoms with Crippen molar-refractivity contribution < 1.29 is 9.72 Å². The summed E-state index contributed by atoms with van der Waals surface area (Å²) in [6, 6.07) is 1.33. The van der Waals surface area contributed by atoms with Crippen LogP contribution in [0.3, 0.4) is 0 Å². The van der Waals surface area contributed by atoms with Crippen LogP contribution in [0, 0.1) is 10.1 Å². The summed E-state index contributed by atoms with van der Waals surface area (Å²) in [4.78, 5) is 27.3. The van der Waals surface area contributed by atoms with Crippen molar-refractivity contribution >= 4 is 46.0 Å². The first-order chi connectivity index (χ1) is 7.99. The van der Waals surface area contributed by atoms with E-state index in [1.54, 1.807) is 0 Å². The van der Waals surface area contributed by atoms with E-state index < -0.39 is 4.92 Å². The standard InChI is InChI=1S/C9H8BrN3O3S/c10-5-1-7(13(15)16)9(11-3-5)12-4-6(17)2-8(12)14/h1,3,6,17H,2,4H2. The van der Waals surface area contributed by atoms with Gasteiger partial charge in [0.1, 0.15) is 0 Å². The molecule has 1 atom stereocenters. The third-order valence-corrected chi connectivity index (χ3v) is 3.15. The number of amides is 1. The summed E-state index contributed by atoms with van der Waals surface area (Å²) in [5.74, 6) is -0.109. The largest absolute Gasteiger partial charge is 0.313 e. The normalized spacial score (nSPS) is 19.8. The van der Waals surface area contributed by atoms with E-state index in [1.807, 2.05) is 0 Å². The maximum atomic E-state index is 11.6. The highest BCUT2D eigenvalue weighted by Crippen LogP contribution is 2.32. The highest BCUT2D eigenvalue weighted by atomic mass is 79.9. The van der Waals surface area contributed by atoms with E-state index in [0.29, 0.717) is 11.0 Å². The molecule has 1 unspecified atom stereocenters. The highest BCUT2D eigenvalue weighted by Gasteiger charge is 2.33. The molecule has 8 heteroatoms. The lowest BCUT2D eigenvalue weighted by atomic mass is 10.3. The van der Waals surface area contributed by atoms with Crippen LogP contribution in [0.2, 0.25) is 0 Å². The van der Waals surface area contributed by atoms with E-state index in [2.05, 4.69) is 33.5 Å². The Morgan fingerprint density at radius 3 is 2.88 bits per heavy atom. The Bertz CT molecular complexity index is 496. The van der Waals surface area contributed by atoms with Crippen LogP contribution in [0.15, 0.2) is 16.7 Å². The molecule has 1 fully saturated rings. The van der Waals surface area contributed by atoms with Gasteiger partial charge in [0.25, 0.3) is 0 Å². The molecule has 0 spiro atoms. The monoisotopic (exact) mass is 317 g/mol. The van der Waals surface area contributed by atoms with Crippen LogP contribution in [-0.4, -0.2) is 27.6 Å². The third-order valence-electron chi connectivity index (χ3n) is 2.37. The second-order valence-electron chi connectivity index (χ2n) is 3.62. The first-order valence-corrected chi connectivity index (χ1v) is 6.08. The van der Waals surface area contributed by atoms with Crippen molar-refractivity contribution in [3.8, 4) is 0 Å². The molecule has 0 saturated carbocycles. The minimum atomic E-state index is -0.549. The number of hydrogen-bond donors (Lipinski definition) is 1. The number of halogens is 1. The van der Waals surface area contributed by atoms with Crippen LogP contribution in [0.4, 0.5) is 11.5 Å². The molecule has 2 heterocycles. The summed E-state index contributed by atoms with van der Waals surface area (Å²) in [6.45, 7) is 0.345. The Morgan fingerprint density at radius 2 is 2.35 bits per heavy atom. The lowest BCUT2D eigenvalue weighted by Crippen LogP contribution is -2.26. The molecule has 0 bridgehead atoms. The average Bonchev–Trinajstić information content (AvgIpc) is 2.57. The number of carbonyl (C=O) groups excluding carboxylic acids is 1. The second kappa shape index (κ2) is 4.61. The molecule has 6 nitrogen and oxygen atoms in total. The zero-order chi connectivity index (χ0) is 12.6. The Morgan fingerprint density at radius 1 is 1.65 bits per heavy atom. The number of pyridine rings is 1. The van der Waals surface area contributed by atoms with Gasteiger partial charge in [-0.25, -0.2) is 4.98 Å². The molecule has 1 aromatic heterocycles. The van der Waals surface area contributed by atoms with Crippen LogP contribution < -0.4 is 4.90 Å². The average molecular weight is 318 g/mol. The Balaban J connectivity index is 2.45. The van der Waals surface area contributed by atoms with E-state index in [1.165, 1.54) is 17.2 Å². The predicted molar refractivity (Wildman–Crippen MR) is 68.3 cm³/mol. The van der Waals surface area contributed by atoms with Gasteiger partial charge >= 0.3 is 5.69 Å². The van der Waals surface area contributed by atoms with Crippen LogP contribution in [0.1, 0.15) is 6.42 Å². The number of nitro groups is 1. The molecule has 1 saturated heterocycles. The lowest BCUT2D eigenvalue weighted by molar-refractivity contribution is -0.384. The molecule has 0 N–H and O–H groups in total. The van der Waals surface area contributed by atoms with Crippen molar-refractivity contribution in [3.05, 3.63) is 26.9 Å². The van der Waals surface area contributed by atoms with E-state index >= 15 is 0 Å². The van der Waals surface area contributed by atoms with Crippen molar-refractivity contribution in [3.63, 3.8) is 0 Å². The summed E-state index contributed by atoms with van der Waals surface area (Å²) >= 11 is 7.31. The summed E-state index contributed by atoms with van der Waals surface area (Å²) in [5.41, 5.74) is -0.185. The number of hydrogen-bond acceptors (Lipinski definition) is 5.